The van der Waals surface area contributed by atoms with Gasteiger partial charge in [-0.1, -0.05) is 18.2 Å². The molecule has 4 aromatic rings. The van der Waals surface area contributed by atoms with Crippen LogP contribution in [-0.2, 0) is 0 Å². The van der Waals surface area contributed by atoms with Gasteiger partial charge in [-0.3, -0.25) is 9.89 Å². The summed E-state index contributed by atoms with van der Waals surface area (Å²) in [5.74, 6) is 0. The number of para-hydroxylation sites is 1. The number of nitrogens with zero attached hydrogens (tertiary/aromatic N) is 4. The lowest BCUT2D eigenvalue weighted by molar-refractivity contribution is 0.242. The van der Waals surface area contributed by atoms with Crippen LogP contribution in [0.5, 0.6) is 0 Å². The van der Waals surface area contributed by atoms with Crippen molar-refractivity contribution in [2.45, 2.75) is 0 Å². The number of aromatic nitrogens is 5. The molecule has 0 radical (unpaired) electrons. The standard InChI is InChI=1S/C15H12N6O2/c1-16-15(23)21-13-10(8-18-21)12-11(7-17-13)14(22)20(19-12)9-5-3-2-4-6-9/h2-8,19H,1H3,(H,16,23). The van der Waals surface area contributed by atoms with Crippen molar-refractivity contribution in [2.75, 3.05) is 7.05 Å². The second-order valence-electron chi connectivity index (χ2n) is 4.98. The van der Waals surface area contributed by atoms with Crippen LogP contribution in [0.3, 0.4) is 0 Å². The summed E-state index contributed by atoms with van der Waals surface area (Å²) in [6.07, 6.45) is 2.97. The van der Waals surface area contributed by atoms with Crippen LogP contribution < -0.4 is 10.9 Å². The minimum absolute atomic E-state index is 0.201. The number of pyridine rings is 1. The van der Waals surface area contributed by atoms with Crippen molar-refractivity contribution in [3.05, 3.63) is 53.1 Å². The predicted molar refractivity (Wildman–Crippen MR) is 84.8 cm³/mol. The maximum atomic E-state index is 12.6. The van der Waals surface area contributed by atoms with Crippen molar-refractivity contribution in [1.82, 2.24) is 29.9 Å². The van der Waals surface area contributed by atoms with E-state index in [-0.39, 0.29) is 5.56 Å². The summed E-state index contributed by atoms with van der Waals surface area (Å²) < 4.78 is 2.61. The van der Waals surface area contributed by atoms with Gasteiger partial charge in [0.05, 0.1) is 28.2 Å². The first-order chi connectivity index (χ1) is 11.2. The van der Waals surface area contributed by atoms with Crippen LogP contribution >= 0.6 is 0 Å². The maximum absolute atomic E-state index is 12.6. The number of benzene rings is 1. The Bertz CT molecular complexity index is 1090. The Labute approximate surface area is 129 Å². The number of carbonyl (C=O) groups is 1. The van der Waals surface area contributed by atoms with Crippen LogP contribution in [0.15, 0.2) is 47.5 Å². The van der Waals surface area contributed by atoms with Gasteiger partial charge in [-0.2, -0.15) is 9.78 Å². The molecule has 0 bridgehead atoms. The molecule has 2 N–H and O–H groups in total. The van der Waals surface area contributed by atoms with Gasteiger partial charge in [0, 0.05) is 13.2 Å². The van der Waals surface area contributed by atoms with Crippen LogP contribution in [0.1, 0.15) is 0 Å². The molecule has 0 saturated heterocycles. The highest BCUT2D eigenvalue weighted by atomic mass is 16.2. The van der Waals surface area contributed by atoms with Crippen molar-refractivity contribution in [2.24, 2.45) is 0 Å². The van der Waals surface area contributed by atoms with Gasteiger partial charge in [-0.25, -0.2) is 14.5 Å². The molecule has 0 saturated carbocycles. The molecule has 23 heavy (non-hydrogen) atoms. The highest BCUT2D eigenvalue weighted by molar-refractivity contribution is 6.03. The fraction of sp³-hybridized carbons (Fsp3) is 0.0667. The summed E-state index contributed by atoms with van der Waals surface area (Å²) in [4.78, 5) is 28.6. The van der Waals surface area contributed by atoms with E-state index in [1.807, 2.05) is 30.3 Å². The molecule has 114 valence electrons. The van der Waals surface area contributed by atoms with Gasteiger partial charge in [0.15, 0.2) is 5.65 Å². The molecule has 8 heteroatoms. The van der Waals surface area contributed by atoms with Gasteiger partial charge in [0.1, 0.15) is 0 Å². The van der Waals surface area contributed by atoms with Gasteiger partial charge < -0.3 is 5.32 Å². The lowest BCUT2D eigenvalue weighted by Crippen LogP contribution is -2.25. The monoisotopic (exact) mass is 308 g/mol. The number of rotatable bonds is 1. The Hall–Kier alpha value is -3.42. The molecular formula is C15H12N6O2. The lowest BCUT2D eigenvalue weighted by atomic mass is 10.2. The molecular weight excluding hydrogens is 296 g/mol. The zero-order chi connectivity index (χ0) is 16.0. The van der Waals surface area contributed by atoms with E-state index in [1.54, 1.807) is 0 Å². The molecule has 1 amide bonds. The second-order valence-corrected chi connectivity index (χ2v) is 4.98. The zero-order valence-electron chi connectivity index (χ0n) is 12.1. The number of nitrogens with one attached hydrogen (secondary N) is 2. The smallest absolute Gasteiger partial charge is 0.339 e. The number of hydrogen-bond acceptors (Lipinski definition) is 4. The summed E-state index contributed by atoms with van der Waals surface area (Å²) in [6, 6.07) is 8.85. The third-order valence-electron chi connectivity index (χ3n) is 3.68. The number of fused-ring (bicyclic) bond motifs is 3. The first-order valence-corrected chi connectivity index (χ1v) is 6.95. The van der Waals surface area contributed by atoms with Crippen molar-refractivity contribution < 1.29 is 4.79 Å². The Morgan fingerprint density at radius 1 is 1.17 bits per heavy atom. The first-order valence-electron chi connectivity index (χ1n) is 6.95. The summed E-state index contributed by atoms with van der Waals surface area (Å²) in [5.41, 5.74) is 1.51. The number of amides is 1. The van der Waals surface area contributed by atoms with E-state index < -0.39 is 6.03 Å². The normalized spacial score (nSPS) is 11.2. The molecule has 0 aliphatic rings. The SMILES string of the molecule is CNC(=O)n1ncc2c3[nH]n(-c4ccccc4)c(=O)c3cnc21. The van der Waals surface area contributed by atoms with Crippen LogP contribution in [0.4, 0.5) is 4.79 Å². The summed E-state index contributed by atoms with van der Waals surface area (Å²) in [7, 11) is 1.52. The second kappa shape index (κ2) is 4.80. The van der Waals surface area contributed by atoms with Gasteiger partial charge in [-0.05, 0) is 12.1 Å². The van der Waals surface area contributed by atoms with Crippen molar-refractivity contribution in [3.8, 4) is 5.69 Å². The van der Waals surface area contributed by atoms with E-state index in [9.17, 15) is 9.59 Å². The molecule has 8 nitrogen and oxygen atoms in total. The molecule has 0 atom stereocenters. The number of carbonyl (C=O) groups excluding carboxylic acids is 1. The number of H-pyrrole nitrogens is 1. The van der Waals surface area contributed by atoms with E-state index in [1.165, 1.54) is 24.1 Å². The van der Waals surface area contributed by atoms with E-state index in [2.05, 4.69) is 20.5 Å². The molecule has 0 aliphatic heterocycles. The fourth-order valence-corrected chi connectivity index (χ4v) is 2.56. The zero-order valence-corrected chi connectivity index (χ0v) is 12.1. The van der Waals surface area contributed by atoms with Crippen LogP contribution in [-0.4, -0.2) is 37.6 Å². The molecule has 0 fully saturated rings. The molecule has 0 spiro atoms. The van der Waals surface area contributed by atoms with Crippen LogP contribution in [0.25, 0.3) is 27.6 Å². The maximum Gasteiger partial charge on any atom is 0.343 e. The summed E-state index contributed by atoms with van der Waals surface area (Å²) in [5, 5.41) is 10.7. The average Bonchev–Trinajstić information content (AvgIpc) is 3.16. The van der Waals surface area contributed by atoms with Crippen LogP contribution in [0.2, 0.25) is 0 Å². The van der Waals surface area contributed by atoms with Gasteiger partial charge >= 0.3 is 6.03 Å². The van der Waals surface area contributed by atoms with E-state index in [4.69, 9.17) is 0 Å². The largest absolute Gasteiger partial charge is 0.343 e. The van der Waals surface area contributed by atoms with Gasteiger partial charge in [0.2, 0.25) is 0 Å². The minimum Gasteiger partial charge on any atom is -0.339 e. The van der Waals surface area contributed by atoms with Crippen molar-refractivity contribution >= 4 is 28.0 Å². The predicted octanol–water partition coefficient (Wildman–Crippen LogP) is 1.25. The summed E-state index contributed by atoms with van der Waals surface area (Å²) in [6.45, 7) is 0. The molecule has 0 aliphatic carbocycles. The van der Waals surface area contributed by atoms with E-state index in [0.29, 0.717) is 21.9 Å². The Morgan fingerprint density at radius 2 is 1.96 bits per heavy atom. The van der Waals surface area contributed by atoms with Gasteiger partial charge in [0.25, 0.3) is 5.56 Å². The van der Waals surface area contributed by atoms with Gasteiger partial charge in [-0.15, -0.1) is 0 Å². The molecule has 1 aromatic carbocycles. The quantitative estimate of drug-likeness (QED) is 0.553. The minimum atomic E-state index is -0.392. The Balaban J connectivity index is 2.03. The highest BCUT2D eigenvalue weighted by Crippen LogP contribution is 2.20. The third-order valence-corrected chi connectivity index (χ3v) is 3.68. The number of hydrogen-bond donors (Lipinski definition) is 2. The average molecular weight is 308 g/mol. The first kappa shape index (κ1) is 13.3. The Morgan fingerprint density at radius 3 is 2.70 bits per heavy atom. The third kappa shape index (κ3) is 1.85. The van der Waals surface area contributed by atoms with Crippen molar-refractivity contribution in [3.63, 3.8) is 0 Å². The molecule has 4 rings (SSSR count). The van der Waals surface area contributed by atoms with E-state index >= 15 is 0 Å². The lowest BCUT2D eigenvalue weighted by Gasteiger charge is -1.99. The van der Waals surface area contributed by atoms with Crippen LogP contribution in [0, 0.1) is 0 Å². The van der Waals surface area contributed by atoms with E-state index in [0.717, 1.165) is 10.4 Å². The Kier molecular flexibility index (Phi) is 2.77. The molecule has 0 unspecified atom stereocenters. The molecule has 3 aromatic heterocycles. The van der Waals surface area contributed by atoms with Crippen molar-refractivity contribution in [1.29, 1.82) is 0 Å². The number of aromatic amines is 1. The summed E-state index contributed by atoms with van der Waals surface area (Å²) >= 11 is 0. The molecule has 3 heterocycles. The fourth-order valence-electron chi connectivity index (χ4n) is 2.56. The topological polar surface area (TPSA) is 97.6 Å². The highest BCUT2D eigenvalue weighted by Gasteiger charge is 2.16.